The van der Waals surface area contributed by atoms with Gasteiger partial charge in [0.1, 0.15) is 0 Å². The van der Waals surface area contributed by atoms with Crippen molar-refractivity contribution in [1.82, 2.24) is 9.13 Å². The van der Waals surface area contributed by atoms with Gasteiger partial charge in [-0.2, -0.15) is 0 Å². The van der Waals surface area contributed by atoms with Crippen LogP contribution in [0.1, 0.15) is 5.56 Å². The van der Waals surface area contributed by atoms with Crippen LogP contribution in [0.5, 0.6) is 0 Å². The molecule has 0 unspecified atom stereocenters. The first kappa shape index (κ1) is 14.8. The molecule has 4 aromatic rings. The quantitative estimate of drug-likeness (QED) is 0.542. The third-order valence-electron chi connectivity index (χ3n) is 4.09. The third-order valence-corrected chi connectivity index (χ3v) is 4.32. The molecule has 3 nitrogen and oxygen atoms in total. The summed E-state index contributed by atoms with van der Waals surface area (Å²) < 4.78 is 3.51. The zero-order chi connectivity index (χ0) is 16.5. The van der Waals surface area contributed by atoms with Crippen molar-refractivity contribution < 1.29 is 0 Å². The van der Waals surface area contributed by atoms with Gasteiger partial charge in [0.2, 0.25) is 0 Å². The Balaban J connectivity index is 1.96. The molecule has 0 radical (unpaired) electrons. The maximum absolute atomic E-state index is 13.1. The first-order valence-corrected chi connectivity index (χ1v) is 8.12. The SMILES string of the molecule is O=c1n(Cc2ccccc2)c2ccccc2n1-c1cccc(Cl)c1. The van der Waals surface area contributed by atoms with Gasteiger partial charge in [0.05, 0.1) is 23.3 Å². The summed E-state index contributed by atoms with van der Waals surface area (Å²) in [4.78, 5) is 13.1. The van der Waals surface area contributed by atoms with Crippen molar-refractivity contribution in [2.75, 3.05) is 0 Å². The molecule has 0 amide bonds. The molecule has 0 fully saturated rings. The molecule has 118 valence electrons. The number of fused-ring (bicyclic) bond motifs is 1. The highest BCUT2D eigenvalue weighted by Gasteiger charge is 2.14. The lowest BCUT2D eigenvalue weighted by Gasteiger charge is -2.04. The van der Waals surface area contributed by atoms with Gasteiger partial charge in [0, 0.05) is 5.02 Å². The van der Waals surface area contributed by atoms with Crippen LogP contribution in [0, 0.1) is 0 Å². The predicted molar refractivity (Wildman–Crippen MR) is 98.1 cm³/mol. The van der Waals surface area contributed by atoms with E-state index >= 15 is 0 Å². The molecule has 0 bridgehead atoms. The second kappa shape index (κ2) is 6.02. The van der Waals surface area contributed by atoms with Gasteiger partial charge < -0.3 is 0 Å². The second-order valence-corrected chi connectivity index (χ2v) is 6.09. The molecule has 1 aromatic heterocycles. The van der Waals surface area contributed by atoms with Crippen LogP contribution >= 0.6 is 11.6 Å². The van der Waals surface area contributed by atoms with Crippen LogP contribution in [0.25, 0.3) is 16.7 Å². The minimum absolute atomic E-state index is 0.0673. The summed E-state index contributed by atoms with van der Waals surface area (Å²) in [6.07, 6.45) is 0. The molecule has 0 saturated heterocycles. The van der Waals surface area contributed by atoms with Gasteiger partial charge in [0.25, 0.3) is 0 Å². The number of para-hydroxylation sites is 2. The summed E-state index contributed by atoms with van der Waals surface area (Å²) in [6, 6.07) is 25.2. The molecule has 0 atom stereocenters. The van der Waals surface area contributed by atoms with E-state index in [4.69, 9.17) is 11.6 Å². The molecule has 24 heavy (non-hydrogen) atoms. The van der Waals surface area contributed by atoms with Crippen molar-refractivity contribution in [2.45, 2.75) is 6.54 Å². The van der Waals surface area contributed by atoms with Gasteiger partial charge in [-0.05, 0) is 35.9 Å². The van der Waals surface area contributed by atoms with Crippen LogP contribution in [-0.2, 0) is 6.54 Å². The third kappa shape index (κ3) is 2.53. The van der Waals surface area contributed by atoms with E-state index in [0.29, 0.717) is 11.6 Å². The number of aromatic nitrogens is 2. The summed E-state index contributed by atoms with van der Waals surface area (Å²) in [5.74, 6) is 0. The standard InChI is InChI=1S/C20H15ClN2O/c21-16-9-6-10-17(13-16)23-19-12-5-4-11-18(19)22(20(23)24)14-15-7-2-1-3-8-15/h1-13H,14H2. The molecule has 0 aliphatic carbocycles. The number of hydrogen-bond donors (Lipinski definition) is 0. The zero-order valence-corrected chi connectivity index (χ0v) is 13.6. The van der Waals surface area contributed by atoms with Crippen molar-refractivity contribution in [3.63, 3.8) is 0 Å². The van der Waals surface area contributed by atoms with Crippen molar-refractivity contribution in [1.29, 1.82) is 0 Å². The largest absolute Gasteiger partial charge is 0.334 e. The van der Waals surface area contributed by atoms with Gasteiger partial charge in [-0.15, -0.1) is 0 Å². The minimum atomic E-state index is -0.0673. The molecular weight excluding hydrogens is 320 g/mol. The Morgan fingerprint density at radius 1 is 0.792 bits per heavy atom. The highest BCUT2D eigenvalue weighted by Crippen LogP contribution is 2.20. The predicted octanol–water partition coefficient (Wildman–Crippen LogP) is 4.49. The second-order valence-electron chi connectivity index (χ2n) is 5.66. The smallest absolute Gasteiger partial charge is 0.287 e. The molecule has 4 heteroatoms. The first-order chi connectivity index (χ1) is 11.7. The number of benzene rings is 3. The molecule has 0 spiro atoms. The van der Waals surface area contributed by atoms with Gasteiger partial charge in [-0.1, -0.05) is 60.1 Å². The number of imidazole rings is 1. The Labute approximate surface area is 144 Å². The van der Waals surface area contributed by atoms with Crippen LogP contribution in [0.15, 0.2) is 83.7 Å². The van der Waals surface area contributed by atoms with Crippen molar-refractivity contribution >= 4 is 22.6 Å². The van der Waals surface area contributed by atoms with E-state index in [0.717, 1.165) is 22.3 Å². The van der Waals surface area contributed by atoms with E-state index in [2.05, 4.69) is 0 Å². The molecule has 0 saturated carbocycles. The average molecular weight is 335 g/mol. The zero-order valence-electron chi connectivity index (χ0n) is 12.9. The Kier molecular flexibility index (Phi) is 3.71. The fourth-order valence-electron chi connectivity index (χ4n) is 2.99. The number of rotatable bonds is 3. The van der Waals surface area contributed by atoms with Crippen molar-refractivity contribution in [3.8, 4) is 5.69 Å². The molecule has 3 aromatic carbocycles. The van der Waals surface area contributed by atoms with Crippen molar-refractivity contribution in [3.05, 3.63) is 99.9 Å². The van der Waals surface area contributed by atoms with Gasteiger partial charge in [-0.3, -0.25) is 9.13 Å². The maximum atomic E-state index is 13.1. The molecule has 1 heterocycles. The molecule has 0 aliphatic rings. The summed E-state index contributed by atoms with van der Waals surface area (Å²) in [6.45, 7) is 0.535. The fourth-order valence-corrected chi connectivity index (χ4v) is 3.18. The Hall–Kier alpha value is -2.78. The van der Waals surface area contributed by atoms with Crippen LogP contribution in [0.4, 0.5) is 0 Å². The normalized spacial score (nSPS) is 11.0. The molecular formula is C20H15ClN2O. The van der Waals surface area contributed by atoms with Crippen LogP contribution in [-0.4, -0.2) is 9.13 Å². The summed E-state index contributed by atoms with van der Waals surface area (Å²) in [5, 5.41) is 0.610. The lowest BCUT2D eigenvalue weighted by molar-refractivity contribution is 0.763. The monoisotopic (exact) mass is 334 g/mol. The van der Waals surface area contributed by atoms with E-state index in [1.807, 2.05) is 72.8 Å². The molecule has 0 N–H and O–H groups in total. The topological polar surface area (TPSA) is 26.9 Å². The van der Waals surface area contributed by atoms with Crippen LogP contribution in [0.3, 0.4) is 0 Å². The Morgan fingerprint density at radius 2 is 1.50 bits per heavy atom. The van der Waals surface area contributed by atoms with E-state index in [9.17, 15) is 4.79 Å². The Bertz CT molecular complexity index is 1060. The van der Waals surface area contributed by atoms with Gasteiger partial charge in [-0.25, -0.2) is 4.79 Å². The van der Waals surface area contributed by atoms with Gasteiger partial charge >= 0.3 is 5.69 Å². The minimum Gasteiger partial charge on any atom is -0.287 e. The molecule has 4 rings (SSSR count). The summed E-state index contributed by atoms with van der Waals surface area (Å²) in [7, 11) is 0. The van der Waals surface area contributed by atoms with E-state index < -0.39 is 0 Å². The van der Waals surface area contributed by atoms with Crippen LogP contribution in [0.2, 0.25) is 5.02 Å². The van der Waals surface area contributed by atoms with Crippen molar-refractivity contribution in [2.24, 2.45) is 0 Å². The molecule has 0 aliphatic heterocycles. The lowest BCUT2D eigenvalue weighted by Crippen LogP contribution is -2.23. The van der Waals surface area contributed by atoms with E-state index in [1.54, 1.807) is 15.2 Å². The highest BCUT2D eigenvalue weighted by atomic mass is 35.5. The average Bonchev–Trinajstić information content (AvgIpc) is 2.88. The van der Waals surface area contributed by atoms with E-state index in [-0.39, 0.29) is 5.69 Å². The Morgan fingerprint density at radius 3 is 2.25 bits per heavy atom. The maximum Gasteiger partial charge on any atom is 0.334 e. The van der Waals surface area contributed by atoms with Gasteiger partial charge in [0.15, 0.2) is 0 Å². The summed E-state index contributed by atoms with van der Waals surface area (Å²) in [5.41, 5.74) is 3.58. The lowest BCUT2D eigenvalue weighted by atomic mass is 10.2. The number of halogens is 1. The number of hydrogen-bond acceptors (Lipinski definition) is 1. The first-order valence-electron chi connectivity index (χ1n) is 7.74. The fraction of sp³-hybridized carbons (Fsp3) is 0.0500. The van der Waals surface area contributed by atoms with Crippen LogP contribution < -0.4 is 5.69 Å². The number of nitrogens with zero attached hydrogens (tertiary/aromatic N) is 2. The van der Waals surface area contributed by atoms with E-state index in [1.165, 1.54) is 0 Å². The summed E-state index contributed by atoms with van der Waals surface area (Å²) >= 11 is 6.11. The highest BCUT2D eigenvalue weighted by molar-refractivity contribution is 6.30.